The molecule has 0 amide bonds. The van der Waals surface area contributed by atoms with Gasteiger partial charge in [0.2, 0.25) is 10.0 Å². The molecular formula is C19H30N2O4S. The monoisotopic (exact) mass is 382 g/mol. The van der Waals surface area contributed by atoms with E-state index in [1.165, 1.54) is 0 Å². The third-order valence-electron chi connectivity index (χ3n) is 4.83. The van der Waals surface area contributed by atoms with Crippen molar-refractivity contribution in [1.82, 2.24) is 9.62 Å². The molecule has 1 aliphatic heterocycles. The summed E-state index contributed by atoms with van der Waals surface area (Å²) >= 11 is 0. The van der Waals surface area contributed by atoms with Gasteiger partial charge in [0.05, 0.1) is 11.5 Å². The van der Waals surface area contributed by atoms with Crippen LogP contribution in [0.15, 0.2) is 29.2 Å². The largest absolute Gasteiger partial charge is 0.465 e. The van der Waals surface area contributed by atoms with Crippen LogP contribution in [0.3, 0.4) is 0 Å². The average molecular weight is 383 g/mol. The fourth-order valence-electron chi connectivity index (χ4n) is 3.39. The number of ether oxygens (including phenoxy) is 1. The molecule has 146 valence electrons. The lowest BCUT2D eigenvalue weighted by Gasteiger charge is -2.36. The van der Waals surface area contributed by atoms with Crippen molar-refractivity contribution < 1.29 is 17.9 Å². The number of nitrogens with zero attached hydrogens (tertiary/aromatic N) is 1. The molecule has 26 heavy (non-hydrogen) atoms. The molecule has 0 spiro atoms. The van der Waals surface area contributed by atoms with Gasteiger partial charge in [0, 0.05) is 13.1 Å². The first-order chi connectivity index (χ1) is 12.4. The summed E-state index contributed by atoms with van der Waals surface area (Å²) in [6.07, 6.45) is 2.60. The van der Waals surface area contributed by atoms with Crippen molar-refractivity contribution in [3.8, 4) is 0 Å². The van der Waals surface area contributed by atoms with E-state index in [9.17, 15) is 13.2 Å². The molecule has 0 aromatic heterocycles. The highest BCUT2D eigenvalue weighted by molar-refractivity contribution is 7.89. The van der Waals surface area contributed by atoms with E-state index in [2.05, 4.69) is 9.62 Å². The number of hydrogen-bond donors (Lipinski definition) is 1. The molecule has 1 heterocycles. The molecule has 1 fully saturated rings. The number of benzene rings is 1. The first-order valence-corrected chi connectivity index (χ1v) is 10.8. The maximum Gasteiger partial charge on any atom is 0.323 e. The van der Waals surface area contributed by atoms with Crippen LogP contribution in [-0.2, 0) is 19.6 Å². The molecule has 1 aromatic carbocycles. The Labute approximate surface area is 157 Å². The van der Waals surface area contributed by atoms with Crippen LogP contribution in [0.2, 0.25) is 0 Å². The van der Waals surface area contributed by atoms with Gasteiger partial charge in [0.15, 0.2) is 0 Å². The van der Waals surface area contributed by atoms with Crippen LogP contribution in [0, 0.1) is 12.8 Å². The maximum absolute atomic E-state index is 12.5. The summed E-state index contributed by atoms with van der Waals surface area (Å²) in [5.41, 5.74) is 1.02. The Morgan fingerprint density at radius 3 is 2.62 bits per heavy atom. The van der Waals surface area contributed by atoms with E-state index in [1.54, 1.807) is 24.3 Å². The summed E-state index contributed by atoms with van der Waals surface area (Å²) in [5.74, 6) is 0.00309. The van der Waals surface area contributed by atoms with E-state index in [0.29, 0.717) is 26.1 Å². The smallest absolute Gasteiger partial charge is 0.323 e. The Bertz CT molecular complexity index is 688. The van der Waals surface area contributed by atoms with Crippen LogP contribution in [0.1, 0.15) is 38.7 Å². The van der Waals surface area contributed by atoms with Crippen molar-refractivity contribution in [2.24, 2.45) is 5.92 Å². The lowest BCUT2D eigenvalue weighted by molar-refractivity contribution is -0.150. The second-order valence-corrected chi connectivity index (χ2v) is 8.61. The summed E-state index contributed by atoms with van der Waals surface area (Å²) in [6.45, 7) is 8.02. The maximum atomic E-state index is 12.5. The molecular weight excluding hydrogens is 352 g/mol. The summed E-state index contributed by atoms with van der Waals surface area (Å²) in [5, 5.41) is 0. The minimum absolute atomic E-state index is 0.184. The summed E-state index contributed by atoms with van der Waals surface area (Å²) in [6, 6.07) is 6.59. The molecule has 0 radical (unpaired) electrons. The first kappa shape index (κ1) is 20.9. The van der Waals surface area contributed by atoms with Crippen molar-refractivity contribution in [3.05, 3.63) is 29.8 Å². The van der Waals surface area contributed by atoms with Crippen LogP contribution in [0.5, 0.6) is 0 Å². The average Bonchev–Trinajstić information content (AvgIpc) is 2.62. The van der Waals surface area contributed by atoms with E-state index in [1.807, 2.05) is 20.8 Å². The van der Waals surface area contributed by atoms with Gasteiger partial charge in [0.25, 0.3) is 0 Å². The predicted octanol–water partition coefficient (Wildman–Crippen LogP) is 2.33. The minimum Gasteiger partial charge on any atom is -0.465 e. The fraction of sp³-hybridized carbons (Fsp3) is 0.632. The Morgan fingerprint density at radius 1 is 1.31 bits per heavy atom. The summed E-state index contributed by atoms with van der Waals surface area (Å²) < 4.78 is 32.8. The molecule has 2 atom stereocenters. The van der Waals surface area contributed by atoms with Gasteiger partial charge in [-0.05, 0) is 57.7 Å². The van der Waals surface area contributed by atoms with Crippen molar-refractivity contribution in [2.45, 2.75) is 51.0 Å². The second kappa shape index (κ2) is 9.48. The quantitative estimate of drug-likeness (QED) is 0.699. The third kappa shape index (κ3) is 5.53. The van der Waals surface area contributed by atoms with Crippen molar-refractivity contribution in [2.75, 3.05) is 26.2 Å². The van der Waals surface area contributed by atoms with E-state index in [0.717, 1.165) is 24.9 Å². The predicted molar refractivity (Wildman–Crippen MR) is 101 cm³/mol. The van der Waals surface area contributed by atoms with Gasteiger partial charge >= 0.3 is 5.97 Å². The zero-order valence-electron chi connectivity index (χ0n) is 15.9. The molecule has 7 heteroatoms. The van der Waals surface area contributed by atoms with Crippen LogP contribution >= 0.6 is 0 Å². The van der Waals surface area contributed by atoms with E-state index >= 15 is 0 Å². The molecule has 1 aromatic rings. The molecule has 2 unspecified atom stereocenters. The molecule has 1 N–H and O–H groups in total. The minimum atomic E-state index is -3.50. The lowest BCUT2D eigenvalue weighted by Crippen LogP contribution is -2.49. The lowest BCUT2D eigenvalue weighted by atomic mass is 9.96. The molecule has 2 rings (SSSR count). The number of likely N-dealkylation sites (tertiary alicyclic amines) is 1. The number of nitrogens with one attached hydrogen (secondary N) is 1. The molecule has 0 bridgehead atoms. The summed E-state index contributed by atoms with van der Waals surface area (Å²) in [4.78, 5) is 14.6. The zero-order valence-corrected chi connectivity index (χ0v) is 16.7. The number of hydrogen-bond acceptors (Lipinski definition) is 5. The SMILES string of the molecule is CCOC(=O)C(CC)N1CCCC(CNS(=O)(=O)c2ccc(C)cc2)C1. The number of carbonyl (C=O) groups excluding carboxylic acids is 1. The standard InChI is InChI=1S/C19H30N2O4S/c1-4-18(19(22)25-5-2)21-12-6-7-16(14-21)13-20-26(23,24)17-10-8-15(3)9-11-17/h8-11,16,18,20H,4-7,12-14H2,1-3H3. The highest BCUT2D eigenvalue weighted by atomic mass is 32.2. The molecule has 1 saturated heterocycles. The molecule has 0 aliphatic carbocycles. The van der Waals surface area contributed by atoms with Gasteiger partial charge < -0.3 is 4.74 Å². The first-order valence-electron chi connectivity index (χ1n) is 9.34. The third-order valence-corrected chi connectivity index (χ3v) is 6.27. The topological polar surface area (TPSA) is 75.7 Å². The van der Waals surface area contributed by atoms with Crippen LogP contribution in [0.4, 0.5) is 0 Å². The number of rotatable bonds is 8. The van der Waals surface area contributed by atoms with Crippen LogP contribution < -0.4 is 4.72 Å². The highest BCUT2D eigenvalue weighted by Gasteiger charge is 2.30. The Balaban J connectivity index is 1.95. The van der Waals surface area contributed by atoms with Gasteiger partial charge in [-0.1, -0.05) is 24.6 Å². The highest BCUT2D eigenvalue weighted by Crippen LogP contribution is 2.21. The van der Waals surface area contributed by atoms with Gasteiger partial charge in [-0.15, -0.1) is 0 Å². The zero-order chi connectivity index (χ0) is 19.2. The van der Waals surface area contributed by atoms with Gasteiger partial charge in [-0.2, -0.15) is 0 Å². The normalized spacial score (nSPS) is 19.9. The molecule has 6 nitrogen and oxygen atoms in total. The number of sulfonamides is 1. The van der Waals surface area contributed by atoms with E-state index in [-0.39, 0.29) is 22.8 Å². The Hall–Kier alpha value is -1.44. The van der Waals surface area contributed by atoms with E-state index in [4.69, 9.17) is 4.74 Å². The van der Waals surface area contributed by atoms with Crippen molar-refractivity contribution >= 4 is 16.0 Å². The number of aryl methyl sites for hydroxylation is 1. The van der Waals surface area contributed by atoms with Gasteiger partial charge in [-0.3, -0.25) is 9.69 Å². The number of carbonyl (C=O) groups is 1. The molecule has 1 aliphatic rings. The fourth-order valence-corrected chi connectivity index (χ4v) is 4.50. The van der Waals surface area contributed by atoms with Gasteiger partial charge in [0.1, 0.15) is 6.04 Å². The second-order valence-electron chi connectivity index (χ2n) is 6.84. The van der Waals surface area contributed by atoms with Crippen molar-refractivity contribution in [1.29, 1.82) is 0 Å². The van der Waals surface area contributed by atoms with Crippen LogP contribution in [-0.4, -0.2) is 51.6 Å². The Kier molecular flexibility index (Phi) is 7.61. The number of esters is 1. The number of piperidine rings is 1. The van der Waals surface area contributed by atoms with Gasteiger partial charge in [-0.25, -0.2) is 13.1 Å². The van der Waals surface area contributed by atoms with Crippen molar-refractivity contribution in [3.63, 3.8) is 0 Å². The Morgan fingerprint density at radius 2 is 2.00 bits per heavy atom. The van der Waals surface area contributed by atoms with E-state index < -0.39 is 10.0 Å². The molecule has 0 saturated carbocycles. The summed E-state index contributed by atoms with van der Waals surface area (Å²) in [7, 11) is -3.50. The van der Waals surface area contributed by atoms with Crippen LogP contribution in [0.25, 0.3) is 0 Å².